The Bertz CT molecular complexity index is 464. The lowest BCUT2D eigenvalue weighted by Gasteiger charge is -1.90. The van der Waals surface area contributed by atoms with E-state index in [0.717, 1.165) is 10.2 Å². The first-order valence-corrected chi connectivity index (χ1v) is 4.99. The van der Waals surface area contributed by atoms with E-state index in [1.54, 1.807) is 0 Å². The number of nitrogens with one attached hydrogen (secondary N) is 1. The predicted octanol–water partition coefficient (Wildman–Crippen LogP) is 3.03. The second-order valence-electron chi connectivity index (χ2n) is 2.34. The number of aromatic amines is 1. The molecule has 0 atom stereocenters. The number of aromatic nitrogens is 1. The van der Waals surface area contributed by atoms with Gasteiger partial charge in [0, 0.05) is 9.91 Å². The maximum Gasteiger partial charge on any atom is 0.396 e. The third-order valence-corrected chi connectivity index (χ3v) is 3.29. The first-order valence-electron chi connectivity index (χ1n) is 3.31. The highest BCUT2D eigenvalue weighted by molar-refractivity contribution is 9.10. The Kier molecular flexibility index (Phi) is 2.09. The van der Waals surface area contributed by atoms with E-state index in [-0.39, 0.29) is 5.69 Å². The van der Waals surface area contributed by atoms with E-state index in [1.165, 1.54) is 11.3 Å². The summed E-state index contributed by atoms with van der Waals surface area (Å²) < 4.78 is 12.1. The fraction of sp³-hybridized carbons (Fsp3) is 0. The van der Waals surface area contributed by atoms with E-state index in [4.69, 9.17) is 0 Å². The SMILES string of the molecule is O=C(OF)c1[nH]c2sccc2c1Br. The van der Waals surface area contributed by atoms with Crippen molar-refractivity contribution in [2.75, 3.05) is 0 Å². The molecule has 0 saturated heterocycles. The zero-order chi connectivity index (χ0) is 9.42. The molecule has 0 aromatic carbocycles. The Balaban J connectivity index is 2.64. The highest BCUT2D eigenvalue weighted by Crippen LogP contribution is 2.31. The van der Waals surface area contributed by atoms with Crippen LogP contribution in [0.4, 0.5) is 4.53 Å². The molecule has 2 aromatic heterocycles. The minimum Gasteiger partial charge on any atom is -0.340 e. The Morgan fingerprint density at radius 3 is 3.08 bits per heavy atom. The van der Waals surface area contributed by atoms with E-state index >= 15 is 0 Å². The largest absolute Gasteiger partial charge is 0.396 e. The van der Waals surface area contributed by atoms with Crippen molar-refractivity contribution in [3.63, 3.8) is 0 Å². The summed E-state index contributed by atoms with van der Waals surface area (Å²) in [6.45, 7) is 0. The first kappa shape index (κ1) is 8.71. The van der Waals surface area contributed by atoms with Crippen LogP contribution in [0.3, 0.4) is 0 Å². The van der Waals surface area contributed by atoms with Gasteiger partial charge in [-0.2, -0.15) is 0 Å². The lowest BCUT2D eigenvalue weighted by Crippen LogP contribution is -1.99. The van der Waals surface area contributed by atoms with Crippen molar-refractivity contribution >= 4 is 43.5 Å². The van der Waals surface area contributed by atoms with Crippen LogP contribution in [0.1, 0.15) is 10.5 Å². The van der Waals surface area contributed by atoms with Crippen molar-refractivity contribution in [2.24, 2.45) is 0 Å². The Hall–Kier alpha value is -0.880. The van der Waals surface area contributed by atoms with Crippen LogP contribution >= 0.6 is 27.3 Å². The first-order chi connectivity index (χ1) is 6.24. The van der Waals surface area contributed by atoms with Gasteiger partial charge in [-0.25, -0.2) is 9.74 Å². The fourth-order valence-electron chi connectivity index (χ4n) is 1.06. The molecule has 0 bridgehead atoms. The van der Waals surface area contributed by atoms with Gasteiger partial charge in [-0.05, 0) is 27.4 Å². The number of H-pyrrole nitrogens is 1. The minimum absolute atomic E-state index is 0.101. The normalized spacial score (nSPS) is 10.6. The van der Waals surface area contributed by atoms with E-state index < -0.39 is 5.97 Å². The molecule has 68 valence electrons. The van der Waals surface area contributed by atoms with Crippen LogP contribution in [0.15, 0.2) is 15.9 Å². The molecule has 2 heterocycles. The van der Waals surface area contributed by atoms with Crippen LogP contribution in [0, 0.1) is 0 Å². The van der Waals surface area contributed by atoms with Gasteiger partial charge in [-0.3, -0.25) is 0 Å². The number of thiophene rings is 1. The van der Waals surface area contributed by atoms with E-state index in [0.29, 0.717) is 4.47 Å². The molecule has 0 spiro atoms. The number of rotatable bonds is 1. The maximum absolute atomic E-state index is 11.6. The van der Waals surface area contributed by atoms with Crippen molar-refractivity contribution in [1.82, 2.24) is 4.98 Å². The van der Waals surface area contributed by atoms with E-state index in [2.05, 4.69) is 25.9 Å². The molecule has 0 aliphatic heterocycles. The summed E-state index contributed by atoms with van der Waals surface area (Å²) in [4.78, 5) is 17.5. The van der Waals surface area contributed by atoms with Gasteiger partial charge in [0.05, 0.1) is 4.47 Å². The van der Waals surface area contributed by atoms with Crippen LogP contribution in [-0.4, -0.2) is 11.0 Å². The molecular formula is C7H3BrFNO2S. The molecule has 0 unspecified atom stereocenters. The number of fused-ring (bicyclic) bond motifs is 1. The third kappa shape index (κ3) is 1.26. The summed E-state index contributed by atoms with van der Waals surface area (Å²) in [6.07, 6.45) is 0. The fourth-order valence-corrected chi connectivity index (χ4v) is 2.58. The summed E-state index contributed by atoms with van der Waals surface area (Å²) >= 11 is 4.61. The predicted molar refractivity (Wildman–Crippen MR) is 50.4 cm³/mol. The Morgan fingerprint density at radius 2 is 2.46 bits per heavy atom. The van der Waals surface area contributed by atoms with Crippen LogP contribution in [0.25, 0.3) is 10.2 Å². The van der Waals surface area contributed by atoms with Gasteiger partial charge in [0.1, 0.15) is 10.5 Å². The van der Waals surface area contributed by atoms with Crippen molar-refractivity contribution in [3.8, 4) is 0 Å². The lowest BCUT2D eigenvalue weighted by atomic mass is 10.4. The van der Waals surface area contributed by atoms with Gasteiger partial charge in [-0.1, -0.05) is 0 Å². The zero-order valence-corrected chi connectivity index (χ0v) is 8.54. The summed E-state index contributed by atoms with van der Waals surface area (Å²) in [5.74, 6) is -1.02. The van der Waals surface area contributed by atoms with Crippen molar-refractivity contribution in [2.45, 2.75) is 0 Å². The summed E-state index contributed by atoms with van der Waals surface area (Å²) in [5.41, 5.74) is 0.101. The molecule has 3 nitrogen and oxygen atoms in total. The molecule has 2 aromatic rings. The highest BCUT2D eigenvalue weighted by Gasteiger charge is 2.18. The van der Waals surface area contributed by atoms with Gasteiger partial charge in [0.25, 0.3) is 0 Å². The third-order valence-electron chi connectivity index (χ3n) is 1.63. The molecule has 1 N–H and O–H groups in total. The minimum atomic E-state index is -1.02. The standard InChI is InChI=1S/C7H3BrFNO2S/c8-4-3-1-2-13-6(3)10-5(4)7(11)12-9/h1-2,10H. The van der Waals surface area contributed by atoms with Crippen LogP contribution in [0.5, 0.6) is 0 Å². The molecule has 0 saturated carbocycles. The molecule has 6 heteroatoms. The van der Waals surface area contributed by atoms with Crippen LogP contribution < -0.4 is 0 Å². The number of halogens is 2. The molecule has 0 fully saturated rings. The van der Waals surface area contributed by atoms with Gasteiger partial charge in [0.15, 0.2) is 0 Å². The number of carbonyl (C=O) groups excluding carboxylic acids is 1. The van der Waals surface area contributed by atoms with Gasteiger partial charge in [0.2, 0.25) is 0 Å². The van der Waals surface area contributed by atoms with Crippen molar-refractivity contribution in [3.05, 3.63) is 21.6 Å². The molecule has 0 aliphatic rings. The second kappa shape index (κ2) is 3.12. The topological polar surface area (TPSA) is 42.1 Å². The average molecular weight is 264 g/mol. The van der Waals surface area contributed by atoms with E-state index in [1.807, 2.05) is 11.4 Å². The zero-order valence-electron chi connectivity index (χ0n) is 6.14. The quantitative estimate of drug-likeness (QED) is 0.860. The molecular weight excluding hydrogens is 261 g/mol. The summed E-state index contributed by atoms with van der Waals surface area (Å²) in [7, 11) is 0. The summed E-state index contributed by atoms with van der Waals surface area (Å²) in [6, 6.07) is 1.83. The maximum atomic E-state index is 11.6. The van der Waals surface area contributed by atoms with Crippen LogP contribution in [0.2, 0.25) is 0 Å². The van der Waals surface area contributed by atoms with Crippen molar-refractivity contribution < 1.29 is 14.3 Å². The Labute approximate surface area is 84.5 Å². The van der Waals surface area contributed by atoms with E-state index in [9.17, 15) is 9.32 Å². The van der Waals surface area contributed by atoms with Gasteiger partial charge in [-0.15, -0.1) is 11.3 Å². The molecule has 2 rings (SSSR count). The van der Waals surface area contributed by atoms with Gasteiger partial charge < -0.3 is 4.98 Å². The smallest absolute Gasteiger partial charge is 0.340 e. The number of hydrogen-bond donors (Lipinski definition) is 1. The average Bonchev–Trinajstić information content (AvgIpc) is 2.68. The second-order valence-corrected chi connectivity index (χ2v) is 4.05. The molecule has 0 amide bonds. The van der Waals surface area contributed by atoms with Crippen LogP contribution in [-0.2, 0) is 4.94 Å². The number of carbonyl (C=O) groups is 1. The molecule has 0 aliphatic carbocycles. The van der Waals surface area contributed by atoms with Crippen molar-refractivity contribution in [1.29, 1.82) is 0 Å². The molecule has 13 heavy (non-hydrogen) atoms. The summed E-state index contributed by atoms with van der Waals surface area (Å²) in [5, 5.41) is 2.72. The molecule has 0 radical (unpaired) electrons. The Morgan fingerprint density at radius 1 is 1.69 bits per heavy atom. The lowest BCUT2D eigenvalue weighted by molar-refractivity contribution is -0.0793. The number of hydrogen-bond acceptors (Lipinski definition) is 3. The highest BCUT2D eigenvalue weighted by atomic mass is 79.9. The van der Waals surface area contributed by atoms with Gasteiger partial charge >= 0.3 is 5.97 Å². The monoisotopic (exact) mass is 263 g/mol.